The maximum absolute atomic E-state index is 9.78. The zero-order valence-electron chi connectivity index (χ0n) is 11.0. The molecule has 0 saturated heterocycles. The lowest BCUT2D eigenvalue weighted by atomic mass is 10.1. The average Bonchev–Trinajstić information content (AvgIpc) is 2.19. The highest BCUT2D eigenvalue weighted by atomic mass is 16.5. The van der Waals surface area contributed by atoms with Crippen LogP contribution in [0.3, 0.4) is 0 Å². The van der Waals surface area contributed by atoms with Crippen molar-refractivity contribution in [1.29, 1.82) is 0 Å². The lowest BCUT2D eigenvalue weighted by molar-refractivity contribution is 0.0886. The monoisotopic (exact) mass is 238 g/mol. The van der Waals surface area contributed by atoms with E-state index in [0.29, 0.717) is 24.6 Å². The Labute approximate surface area is 103 Å². The molecule has 4 nitrogen and oxygen atoms in total. The number of ether oxygens (including phenoxy) is 1. The van der Waals surface area contributed by atoms with Gasteiger partial charge in [-0.2, -0.15) is 0 Å². The summed E-state index contributed by atoms with van der Waals surface area (Å²) in [6.07, 6.45) is 0. The normalized spacial score (nSPS) is 11.4. The fraction of sp³-hybridized carbons (Fsp3) is 0.538. The summed E-state index contributed by atoms with van der Waals surface area (Å²) in [6.45, 7) is 6.62. The number of rotatable bonds is 5. The molecular formula is C13H22N2O2. The molecule has 0 aliphatic rings. The van der Waals surface area contributed by atoms with Gasteiger partial charge in [-0.25, -0.2) is 0 Å². The number of benzene rings is 1. The molecule has 0 aliphatic carbocycles. The van der Waals surface area contributed by atoms with Crippen LogP contribution >= 0.6 is 0 Å². The van der Waals surface area contributed by atoms with Gasteiger partial charge in [-0.15, -0.1) is 0 Å². The Balaban J connectivity index is 2.87. The molecule has 0 spiro atoms. The van der Waals surface area contributed by atoms with Gasteiger partial charge in [0.05, 0.1) is 17.9 Å². The molecule has 0 unspecified atom stereocenters. The van der Waals surface area contributed by atoms with Crippen molar-refractivity contribution in [3.05, 3.63) is 18.2 Å². The summed E-state index contributed by atoms with van der Waals surface area (Å²) in [5.74, 6) is 0.688. The van der Waals surface area contributed by atoms with Crippen molar-refractivity contribution >= 4 is 11.4 Å². The van der Waals surface area contributed by atoms with E-state index in [4.69, 9.17) is 10.5 Å². The Morgan fingerprint density at radius 3 is 2.59 bits per heavy atom. The maximum atomic E-state index is 9.78. The molecule has 0 saturated carbocycles. The second kappa shape index (κ2) is 5.27. The minimum absolute atomic E-state index is 0.544. The number of nitrogen functional groups attached to an aromatic ring is 1. The fourth-order valence-corrected chi connectivity index (χ4v) is 1.71. The molecule has 0 bridgehead atoms. The van der Waals surface area contributed by atoms with E-state index in [1.54, 1.807) is 13.8 Å². The van der Waals surface area contributed by atoms with Gasteiger partial charge in [0.15, 0.2) is 0 Å². The molecule has 4 heteroatoms. The van der Waals surface area contributed by atoms with Gasteiger partial charge in [0.25, 0.3) is 0 Å². The van der Waals surface area contributed by atoms with E-state index in [9.17, 15) is 5.11 Å². The molecule has 0 atom stereocenters. The molecule has 3 N–H and O–H groups in total. The quantitative estimate of drug-likeness (QED) is 0.769. The molecule has 0 fully saturated rings. The van der Waals surface area contributed by atoms with Crippen molar-refractivity contribution < 1.29 is 9.84 Å². The molecule has 1 aromatic carbocycles. The second-order valence-electron chi connectivity index (χ2n) is 4.82. The zero-order chi connectivity index (χ0) is 13.1. The molecule has 17 heavy (non-hydrogen) atoms. The van der Waals surface area contributed by atoms with Crippen LogP contribution in [0, 0.1) is 0 Å². The van der Waals surface area contributed by atoms with Crippen molar-refractivity contribution in [2.75, 3.05) is 30.8 Å². The summed E-state index contributed by atoms with van der Waals surface area (Å²) in [6, 6.07) is 5.63. The van der Waals surface area contributed by atoms with Crippen molar-refractivity contribution in [3.63, 3.8) is 0 Å². The van der Waals surface area contributed by atoms with Gasteiger partial charge in [-0.1, -0.05) is 0 Å². The highest BCUT2D eigenvalue weighted by molar-refractivity contribution is 5.62. The third-order valence-corrected chi connectivity index (χ3v) is 2.36. The van der Waals surface area contributed by atoms with Crippen LogP contribution in [-0.4, -0.2) is 30.9 Å². The molecule has 0 aliphatic heterocycles. The lowest BCUT2D eigenvalue weighted by Gasteiger charge is -2.27. The van der Waals surface area contributed by atoms with E-state index in [1.807, 2.05) is 37.1 Å². The van der Waals surface area contributed by atoms with Crippen LogP contribution < -0.4 is 15.4 Å². The van der Waals surface area contributed by atoms with Crippen LogP contribution in [0.5, 0.6) is 5.75 Å². The number of aliphatic hydroxyl groups is 1. The first kappa shape index (κ1) is 13.6. The Kier molecular flexibility index (Phi) is 4.23. The molecule has 0 aromatic heterocycles. The molecule has 0 amide bonds. The number of hydrogen-bond acceptors (Lipinski definition) is 4. The maximum Gasteiger partial charge on any atom is 0.144 e. The summed E-state index contributed by atoms with van der Waals surface area (Å²) < 4.78 is 5.44. The zero-order valence-corrected chi connectivity index (χ0v) is 11.0. The highest BCUT2D eigenvalue weighted by Gasteiger charge is 2.16. The van der Waals surface area contributed by atoms with Crippen molar-refractivity contribution in [2.45, 2.75) is 26.4 Å². The van der Waals surface area contributed by atoms with Crippen LogP contribution in [0.1, 0.15) is 20.8 Å². The summed E-state index contributed by atoms with van der Waals surface area (Å²) in [4.78, 5) is 1.97. The van der Waals surface area contributed by atoms with E-state index in [1.165, 1.54) is 0 Å². The third-order valence-electron chi connectivity index (χ3n) is 2.36. The smallest absolute Gasteiger partial charge is 0.144 e. The van der Waals surface area contributed by atoms with Crippen molar-refractivity contribution in [1.82, 2.24) is 0 Å². The molecular weight excluding hydrogens is 216 g/mol. The summed E-state index contributed by atoms with van der Waals surface area (Å²) in [5.41, 5.74) is 6.68. The second-order valence-corrected chi connectivity index (χ2v) is 4.82. The highest BCUT2D eigenvalue weighted by Crippen LogP contribution is 2.27. The Morgan fingerprint density at radius 1 is 1.41 bits per heavy atom. The van der Waals surface area contributed by atoms with E-state index in [2.05, 4.69) is 0 Å². The lowest BCUT2D eigenvalue weighted by Crippen LogP contribution is -2.36. The molecule has 1 aromatic rings. The number of hydrogen-bond donors (Lipinski definition) is 2. The van der Waals surface area contributed by atoms with E-state index < -0.39 is 5.60 Å². The van der Waals surface area contributed by atoms with Gasteiger partial charge in [0.1, 0.15) is 5.75 Å². The average molecular weight is 238 g/mol. The third kappa shape index (κ3) is 4.15. The van der Waals surface area contributed by atoms with E-state index in [-0.39, 0.29) is 0 Å². The molecule has 96 valence electrons. The predicted molar refractivity (Wildman–Crippen MR) is 71.6 cm³/mol. The van der Waals surface area contributed by atoms with Crippen LogP contribution in [0.25, 0.3) is 0 Å². The van der Waals surface area contributed by atoms with Crippen molar-refractivity contribution in [3.8, 4) is 5.75 Å². The van der Waals surface area contributed by atoms with E-state index >= 15 is 0 Å². The Morgan fingerprint density at radius 2 is 2.06 bits per heavy atom. The largest absolute Gasteiger partial charge is 0.492 e. The van der Waals surface area contributed by atoms with Crippen LogP contribution in [0.2, 0.25) is 0 Å². The SMILES string of the molecule is CCOc1cc(N(C)CC(C)(C)O)ccc1N. The minimum Gasteiger partial charge on any atom is -0.492 e. The number of anilines is 2. The van der Waals surface area contributed by atoms with Gasteiger partial charge in [0.2, 0.25) is 0 Å². The van der Waals surface area contributed by atoms with E-state index in [0.717, 1.165) is 5.69 Å². The summed E-state index contributed by atoms with van der Waals surface area (Å²) in [7, 11) is 1.93. The first-order valence-corrected chi connectivity index (χ1v) is 5.79. The van der Waals surface area contributed by atoms with Crippen LogP contribution in [0.15, 0.2) is 18.2 Å². The first-order chi connectivity index (χ1) is 7.83. The van der Waals surface area contributed by atoms with Gasteiger partial charge in [0, 0.05) is 25.3 Å². The van der Waals surface area contributed by atoms with Crippen molar-refractivity contribution in [2.24, 2.45) is 0 Å². The van der Waals surface area contributed by atoms with Gasteiger partial charge < -0.3 is 20.5 Å². The van der Waals surface area contributed by atoms with Crippen LogP contribution in [-0.2, 0) is 0 Å². The minimum atomic E-state index is -0.734. The fourth-order valence-electron chi connectivity index (χ4n) is 1.71. The summed E-state index contributed by atoms with van der Waals surface area (Å²) in [5, 5.41) is 9.78. The van der Waals surface area contributed by atoms with Gasteiger partial charge in [-0.3, -0.25) is 0 Å². The molecule has 1 rings (SSSR count). The predicted octanol–water partition coefficient (Wildman–Crippen LogP) is 1.87. The molecule has 0 heterocycles. The Hall–Kier alpha value is -1.42. The Bertz CT molecular complexity index is 372. The standard InChI is InChI=1S/C13H22N2O2/c1-5-17-12-8-10(6-7-11(12)14)15(4)9-13(2,3)16/h6-8,16H,5,9,14H2,1-4H3. The van der Waals surface area contributed by atoms with Crippen LogP contribution in [0.4, 0.5) is 11.4 Å². The molecule has 0 radical (unpaired) electrons. The summed E-state index contributed by atoms with van der Waals surface area (Å²) >= 11 is 0. The number of likely N-dealkylation sites (N-methyl/N-ethyl adjacent to an activating group) is 1. The van der Waals surface area contributed by atoms with Gasteiger partial charge >= 0.3 is 0 Å². The topological polar surface area (TPSA) is 58.7 Å². The number of nitrogens with two attached hydrogens (primary N) is 1. The number of nitrogens with zero attached hydrogens (tertiary/aromatic N) is 1. The van der Waals surface area contributed by atoms with Gasteiger partial charge in [-0.05, 0) is 32.9 Å². The first-order valence-electron chi connectivity index (χ1n) is 5.79.